The Morgan fingerprint density at radius 2 is 1.88 bits per heavy atom. The average molecular weight is 235 g/mol. The number of nitrogens with one attached hydrogen (secondary N) is 1. The fourth-order valence-corrected chi connectivity index (χ4v) is 2.97. The molecule has 1 aromatic heterocycles. The van der Waals surface area contributed by atoms with Gasteiger partial charge in [0.25, 0.3) is 0 Å². The third-order valence-electron chi connectivity index (χ3n) is 4.05. The van der Waals surface area contributed by atoms with E-state index >= 15 is 0 Å². The summed E-state index contributed by atoms with van der Waals surface area (Å²) in [6, 6.07) is 0.518. The Morgan fingerprint density at radius 1 is 1.12 bits per heavy atom. The van der Waals surface area contributed by atoms with Crippen molar-refractivity contribution in [1.29, 1.82) is 0 Å². The zero-order valence-corrected chi connectivity index (χ0v) is 10.3. The lowest BCUT2D eigenvalue weighted by atomic mass is 9.94. The number of rotatable bonds is 3. The van der Waals surface area contributed by atoms with Crippen molar-refractivity contribution in [3.05, 3.63) is 5.82 Å². The van der Waals surface area contributed by atoms with E-state index in [0.717, 1.165) is 31.3 Å². The van der Waals surface area contributed by atoms with Gasteiger partial charge in [-0.25, -0.2) is 0 Å². The van der Waals surface area contributed by atoms with Crippen LogP contribution in [0.1, 0.15) is 50.4 Å². The number of hydrogen-bond donors (Lipinski definition) is 1. The van der Waals surface area contributed by atoms with Crippen LogP contribution in [0.15, 0.2) is 0 Å². The zero-order chi connectivity index (χ0) is 11.5. The Balaban J connectivity index is 1.59. The summed E-state index contributed by atoms with van der Waals surface area (Å²) in [5.74, 6) is 1.70. The van der Waals surface area contributed by atoms with Gasteiger partial charge in [0.2, 0.25) is 0 Å². The standard InChI is InChI=1S/C12H21N5/c1-2-4-11(3-1)17-15-12(14-16-17)9-10-5-7-13-8-6-10/h10-11,13H,1-9H2. The highest BCUT2D eigenvalue weighted by Crippen LogP contribution is 2.27. The molecule has 1 aliphatic carbocycles. The van der Waals surface area contributed by atoms with E-state index < -0.39 is 0 Å². The quantitative estimate of drug-likeness (QED) is 0.858. The third kappa shape index (κ3) is 2.65. The summed E-state index contributed by atoms with van der Waals surface area (Å²) in [6.07, 6.45) is 8.59. The molecule has 17 heavy (non-hydrogen) atoms. The second kappa shape index (κ2) is 5.12. The van der Waals surface area contributed by atoms with E-state index in [4.69, 9.17) is 0 Å². The van der Waals surface area contributed by atoms with Crippen molar-refractivity contribution in [2.45, 2.75) is 51.0 Å². The number of hydrogen-bond acceptors (Lipinski definition) is 4. The van der Waals surface area contributed by atoms with Gasteiger partial charge in [0.05, 0.1) is 6.04 Å². The van der Waals surface area contributed by atoms with Gasteiger partial charge in [0, 0.05) is 6.42 Å². The van der Waals surface area contributed by atoms with E-state index in [0.29, 0.717) is 6.04 Å². The molecule has 1 aromatic rings. The van der Waals surface area contributed by atoms with Crippen molar-refractivity contribution >= 4 is 0 Å². The van der Waals surface area contributed by atoms with Gasteiger partial charge in [-0.3, -0.25) is 0 Å². The number of tetrazole rings is 1. The van der Waals surface area contributed by atoms with Crippen LogP contribution in [0.2, 0.25) is 0 Å². The van der Waals surface area contributed by atoms with Gasteiger partial charge in [0.15, 0.2) is 5.82 Å². The second-order valence-corrected chi connectivity index (χ2v) is 5.36. The van der Waals surface area contributed by atoms with Crippen LogP contribution in [0.5, 0.6) is 0 Å². The summed E-state index contributed by atoms with van der Waals surface area (Å²) in [4.78, 5) is 1.86. The fraction of sp³-hybridized carbons (Fsp3) is 0.917. The van der Waals surface area contributed by atoms with E-state index in [1.807, 2.05) is 4.80 Å². The highest BCUT2D eigenvalue weighted by atomic mass is 15.6. The van der Waals surface area contributed by atoms with Gasteiger partial charge in [-0.15, -0.1) is 10.2 Å². The lowest BCUT2D eigenvalue weighted by Gasteiger charge is -2.20. The van der Waals surface area contributed by atoms with Crippen molar-refractivity contribution in [3.8, 4) is 0 Å². The highest BCUT2D eigenvalue weighted by Gasteiger charge is 2.21. The summed E-state index contributed by atoms with van der Waals surface area (Å²) in [5, 5.41) is 16.4. The van der Waals surface area contributed by atoms with E-state index in [2.05, 4.69) is 20.7 Å². The zero-order valence-electron chi connectivity index (χ0n) is 10.3. The van der Waals surface area contributed by atoms with Crippen LogP contribution in [-0.2, 0) is 6.42 Å². The van der Waals surface area contributed by atoms with Crippen LogP contribution in [0.3, 0.4) is 0 Å². The monoisotopic (exact) mass is 235 g/mol. The highest BCUT2D eigenvalue weighted by molar-refractivity contribution is 4.84. The predicted molar refractivity (Wildman–Crippen MR) is 64.6 cm³/mol. The van der Waals surface area contributed by atoms with Gasteiger partial charge < -0.3 is 5.32 Å². The molecule has 1 aliphatic heterocycles. The molecule has 3 rings (SSSR count). The predicted octanol–water partition coefficient (Wildman–Crippen LogP) is 1.33. The molecular weight excluding hydrogens is 214 g/mol. The van der Waals surface area contributed by atoms with Crippen LogP contribution >= 0.6 is 0 Å². The summed E-state index contributed by atoms with van der Waals surface area (Å²) in [6.45, 7) is 2.28. The summed E-state index contributed by atoms with van der Waals surface area (Å²) in [5.41, 5.74) is 0. The lowest BCUT2D eigenvalue weighted by Crippen LogP contribution is -2.28. The second-order valence-electron chi connectivity index (χ2n) is 5.36. The smallest absolute Gasteiger partial charge is 0.175 e. The molecule has 2 fully saturated rings. The Labute approximate surface area is 102 Å². The van der Waals surface area contributed by atoms with Crippen molar-refractivity contribution in [3.63, 3.8) is 0 Å². The average Bonchev–Trinajstić information content (AvgIpc) is 3.00. The molecule has 1 saturated carbocycles. The van der Waals surface area contributed by atoms with E-state index in [1.54, 1.807) is 0 Å². The van der Waals surface area contributed by atoms with Gasteiger partial charge in [-0.05, 0) is 49.9 Å². The van der Waals surface area contributed by atoms with Gasteiger partial charge in [0.1, 0.15) is 0 Å². The molecule has 0 spiro atoms. The fourth-order valence-electron chi connectivity index (χ4n) is 2.97. The maximum atomic E-state index is 4.56. The number of aromatic nitrogens is 4. The lowest BCUT2D eigenvalue weighted by molar-refractivity contribution is 0.364. The van der Waals surface area contributed by atoms with Crippen molar-refractivity contribution in [2.24, 2.45) is 5.92 Å². The molecule has 0 radical (unpaired) electrons. The first kappa shape index (κ1) is 11.1. The molecular formula is C12H21N5. The SMILES string of the molecule is C1CCC(n2nnc(CC3CCNCC3)n2)C1. The number of nitrogens with zero attached hydrogens (tertiary/aromatic N) is 4. The summed E-state index contributed by atoms with van der Waals surface area (Å²) >= 11 is 0. The summed E-state index contributed by atoms with van der Waals surface area (Å²) < 4.78 is 0. The third-order valence-corrected chi connectivity index (χ3v) is 4.05. The first-order valence-corrected chi connectivity index (χ1v) is 6.91. The molecule has 2 aliphatic rings. The molecule has 1 N–H and O–H groups in total. The van der Waals surface area contributed by atoms with E-state index in [9.17, 15) is 0 Å². The molecule has 0 bridgehead atoms. The number of piperidine rings is 1. The van der Waals surface area contributed by atoms with Crippen LogP contribution in [-0.4, -0.2) is 33.3 Å². The minimum absolute atomic E-state index is 0.518. The van der Waals surface area contributed by atoms with E-state index in [1.165, 1.54) is 38.5 Å². The van der Waals surface area contributed by atoms with E-state index in [-0.39, 0.29) is 0 Å². The molecule has 5 heteroatoms. The Hall–Kier alpha value is -0.970. The largest absolute Gasteiger partial charge is 0.317 e. The Kier molecular flexibility index (Phi) is 3.36. The molecule has 94 valence electrons. The van der Waals surface area contributed by atoms with Crippen LogP contribution in [0.4, 0.5) is 0 Å². The van der Waals surface area contributed by atoms with Crippen molar-refractivity contribution in [1.82, 2.24) is 25.5 Å². The maximum Gasteiger partial charge on any atom is 0.175 e. The van der Waals surface area contributed by atoms with Gasteiger partial charge in [-0.2, -0.15) is 4.80 Å². The first-order valence-electron chi connectivity index (χ1n) is 6.91. The van der Waals surface area contributed by atoms with Gasteiger partial charge in [-0.1, -0.05) is 12.8 Å². The molecule has 5 nitrogen and oxygen atoms in total. The van der Waals surface area contributed by atoms with Crippen LogP contribution in [0.25, 0.3) is 0 Å². The molecule has 0 atom stereocenters. The molecule has 0 amide bonds. The molecule has 1 saturated heterocycles. The van der Waals surface area contributed by atoms with Crippen LogP contribution < -0.4 is 5.32 Å². The Bertz CT molecular complexity index is 350. The summed E-state index contributed by atoms with van der Waals surface area (Å²) in [7, 11) is 0. The minimum atomic E-state index is 0.518. The minimum Gasteiger partial charge on any atom is -0.317 e. The van der Waals surface area contributed by atoms with Crippen molar-refractivity contribution in [2.75, 3.05) is 13.1 Å². The maximum absolute atomic E-state index is 4.56. The normalized spacial score (nSPS) is 23.3. The molecule has 0 aromatic carbocycles. The van der Waals surface area contributed by atoms with Crippen LogP contribution in [0, 0.1) is 5.92 Å². The van der Waals surface area contributed by atoms with Gasteiger partial charge >= 0.3 is 0 Å². The Morgan fingerprint density at radius 3 is 2.65 bits per heavy atom. The topological polar surface area (TPSA) is 55.6 Å². The van der Waals surface area contributed by atoms with Crippen molar-refractivity contribution < 1.29 is 0 Å². The molecule has 0 unspecified atom stereocenters. The molecule has 2 heterocycles. The first-order chi connectivity index (χ1) is 8.42.